The normalized spacial score (nSPS) is 10.3. The number of halogens is 1. The van der Waals surface area contributed by atoms with Crippen LogP contribution in [0.15, 0.2) is 71.2 Å². The Bertz CT molecular complexity index is 959. The predicted molar refractivity (Wildman–Crippen MR) is 117 cm³/mol. The van der Waals surface area contributed by atoms with Gasteiger partial charge in [0.15, 0.2) is 11.5 Å². The van der Waals surface area contributed by atoms with E-state index in [4.69, 9.17) is 14.2 Å². The van der Waals surface area contributed by atoms with Gasteiger partial charge in [-0.1, -0.05) is 30.3 Å². The van der Waals surface area contributed by atoms with Crippen molar-refractivity contribution in [2.24, 2.45) is 0 Å². The quantitative estimate of drug-likeness (QED) is 0.474. The lowest BCUT2D eigenvalue weighted by Gasteiger charge is -2.15. The zero-order valence-corrected chi connectivity index (χ0v) is 17.9. The van der Waals surface area contributed by atoms with Crippen LogP contribution >= 0.6 is 15.9 Å². The van der Waals surface area contributed by atoms with Gasteiger partial charge >= 0.3 is 0 Å². The van der Waals surface area contributed by atoms with Gasteiger partial charge in [-0.25, -0.2) is 0 Å². The maximum Gasteiger partial charge on any atom is 0.255 e. The van der Waals surface area contributed by atoms with E-state index in [2.05, 4.69) is 21.2 Å². The SMILES string of the molecule is CCOc1c(Br)cc(C(=O)Nc2ccc(OC)cc2)cc1OCc1ccccc1. The molecule has 0 aliphatic heterocycles. The first-order chi connectivity index (χ1) is 14.1. The number of hydrogen-bond acceptors (Lipinski definition) is 4. The van der Waals surface area contributed by atoms with Gasteiger partial charge in [0.05, 0.1) is 18.2 Å². The summed E-state index contributed by atoms with van der Waals surface area (Å²) in [7, 11) is 1.60. The average molecular weight is 456 g/mol. The molecule has 0 atom stereocenters. The fourth-order valence-corrected chi connectivity index (χ4v) is 3.26. The van der Waals surface area contributed by atoms with Gasteiger partial charge in [0.25, 0.3) is 5.91 Å². The fraction of sp³-hybridized carbons (Fsp3) is 0.174. The molecule has 3 aromatic carbocycles. The molecule has 0 unspecified atom stereocenters. The predicted octanol–water partition coefficient (Wildman–Crippen LogP) is 5.69. The Morgan fingerprint density at radius 3 is 2.38 bits per heavy atom. The Balaban J connectivity index is 1.82. The van der Waals surface area contributed by atoms with Gasteiger partial charge in [-0.3, -0.25) is 4.79 Å². The van der Waals surface area contributed by atoms with Crippen molar-refractivity contribution >= 4 is 27.5 Å². The molecule has 1 N–H and O–H groups in total. The number of rotatable bonds is 8. The molecule has 0 aliphatic carbocycles. The summed E-state index contributed by atoms with van der Waals surface area (Å²) >= 11 is 3.50. The molecule has 0 heterocycles. The Labute approximate surface area is 178 Å². The number of amides is 1. The zero-order chi connectivity index (χ0) is 20.6. The highest BCUT2D eigenvalue weighted by Gasteiger charge is 2.16. The van der Waals surface area contributed by atoms with Crippen LogP contribution in [0.2, 0.25) is 0 Å². The summed E-state index contributed by atoms with van der Waals surface area (Å²) in [6, 6.07) is 20.4. The summed E-state index contributed by atoms with van der Waals surface area (Å²) in [5.74, 6) is 1.56. The summed E-state index contributed by atoms with van der Waals surface area (Å²) in [6.07, 6.45) is 0. The lowest BCUT2D eigenvalue weighted by molar-refractivity contribution is 0.102. The van der Waals surface area contributed by atoms with Crippen molar-refractivity contribution < 1.29 is 19.0 Å². The minimum atomic E-state index is -0.247. The second-order valence-corrected chi connectivity index (χ2v) is 7.03. The van der Waals surface area contributed by atoms with Crippen LogP contribution in [-0.4, -0.2) is 19.6 Å². The summed E-state index contributed by atoms with van der Waals surface area (Å²) < 4.78 is 17.5. The topological polar surface area (TPSA) is 56.8 Å². The third kappa shape index (κ3) is 5.51. The zero-order valence-electron chi connectivity index (χ0n) is 16.3. The van der Waals surface area contributed by atoms with Crippen LogP contribution in [0.3, 0.4) is 0 Å². The van der Waals surface area contributed by atoms with Gasteiger partial charge in [0.2, 0.25) is 0 Å². The fourth-order valence-electron chi connectivity index (χ4n) is 2.70. The third-order valence-corrected chi connectivity index (χ3v) is 4.73. The van der Waals surface area contributed by atoms with E-state index < -0.39 is 0 Å². The van der Waals surface area contributed by atoms with Crippen molar-refractivity contribution in [1.82, 2.24) is 0 Å². The van der Waals surface area contributed by atoms with Crippen LogP contribution in [0.5, 0.6) is 17.2 Å². The van der Waals surface area contributed by atoms with E-state index in [1.807, 2.05) is 37.3 Å². The number of methoxy groups -OCH3 is 1. The minimum absolute atomic E-state index is 0.247. The lowest BCUT2D eigenvalue weighted by atomic mass is 10.1. The highest BCUT2D eigenvalue weighted by Crippen LogP contribution is 2.37. The van der Waals surface area contributed by atoms with Gasteiger partial charge in [-0.2, -0.15) is 0 Å². The van der Waals surface area contributed by atoms with Crippen molar-refractivity contribution in [3.63, 3.8) is 0 Å². The molecule has 29 heavy (non-hydrogen) atoms. The number of ether oxygens (including phenoxy) is 3. The van der Waals surface area contributed by atoms with Crippen LogP contribution < -0.4 is 19.5 Å². The highest BCUT2D eigenvalue weighted by atomic mass is 79.9. The van der Waals surface area contributed by atoms with E-state index in [1.165, 1.54) is 0 Å². The van der Waals surface area contributed by atoms with Crippen LogP contribution in [0, 0.1) is 0 Å². The molecule has 0 aliphatic rings. The smallest absolute Gasteiger partial charge is 0.255 e. The van der Waals surface area contributed by atoms with Crippen molar-refractivity contribution in [1.29, 1.82) is 0 Å². The van der Waals surface area contributed by atoms with Crippen LogP contribution in [0.25, 0.3) is 0 Å². The van der Waals surface area contributed by atoms with Crippen LogP contribution in [0.1, 0.15) is 22.8 Å². The molecule has 0 fully saturated rings. The first-order valence-electron chi connectivity index (χ1n) is 9.19. The summed E-state index contributed by atoms with van der Waals surface area (Å²) in [5, 5.41) is 2.88. The maximum absolute atomic E-state index is 12.8. The van der Waals surface area contributed by atoms with Crippen molar-refractivity contribution in [3.05, 3.63) is 82.3 Å². The number of carbonyl (C=O) groups is 1. The van der Waals surface area contributed by atoms with Gasteiger partial charge in [-0.05, 0) is 64.8 Å². The van der Waals surface area contributed by atoms with E-state index in [9.17, 15) is 4.79 Å². The maximum atomic E-state index is 12.8. The molecule has 0 radical (unpaired) electrons. The molecular weight excluding hydrogens is 434 g/mol. The standard InChI is InChI=1S/C23H22BrNO4/c1-3-28-22-20(24)13-17(14-21(22)29-15-16-7-5-4-6-8-16)23(26)25-18-9-11-19(27-2)12-10-18/h4-14H,3,15H2,1-2H3,(H,25,26). The number of nitrogens with one attached hydrogen (secondary N) is 1. The van der Waals surface area contributed by atoms with E-state index in [-0.39, 0.29) is 5.91 Å². The minimum Gasteiger partial charge on any atom is -0.497 e. The van der Waals surface area contributed by atoms with E-state index in [1.54, 1.807) is 43.5 Å². The first-order valence-corrected chi connectivity index (χ1v) is 9.98. The second kappa shape index (κ2) is 9.98. The number of anilines is 1. The lowest BCUT2D eigenvalue weighted by Crippen LogP contribution is -2.12. The molecule has 3 aromatic rings. The summed E-state index contributed by atoms with van der Waals surface area (Å²) in [6.45, 7) is 2.76. The Hall–Kier alpha value is -2.99. The Kier molecular flexibility index (Phi) is 7.14. The van der Waals surface area contributed by atoms with E-state index in [0.717, 1.165) is 11.3 Å². The van der Waals surface area contributed by atoms with Gasteiger partial charge in [-0.15, -0.1) is 0 Å². The number of benzene rings is 3. The molecule has 1 amide bonds. The van der Waals surface area contributed by atoms with Gasteiger partial charge in [0, 0.05) is 11.3 Å². The molecule has 0 aromatic heterocycles. The summed E-state index contributed by atoms with van der Waals surface area (Å²) in [4.78, 5) is 12.8. The number of carbonyl (C=O) groups excluding carboxylic acids is 1. The molecular formula is C23H22BrNO4. The van der Waals surface area contributed by atoms with Crippen molar-refractivity contribution in [2.75, 3.05) is 19.0 Å². The van der Waals surface area contributed by atoms with Crippen LogP contribution in [-0.2, 0) is 6.61 Å². The molecule has 0 saturated heterocycles. The third-order valence-electron chi connectivity index (χ3n) is 4.15. The monoisotopic (exact) mass is 455 g/mol. The van der Waals surface area contributed by atoms with E-state index >= 15 is 0 Å². The average Bonchev–Trinajstić information content (AvgIpc) is 2.75. The van der Waals surface area contributed by atoms with Gasteiger partial charge in [0.1, 0.15) is 12.4 Å². The molecule has 3 rings (SSSR count). The largest absolute Gasteiger partial charge is 0.497 e. The molecule has 5 nitrogen and oxygen atoms in total. The van der Waals surface area contributed by atoms with Crippen LogP contribution in [0.4, 0.5) is 5.69 Å². The van der Waals surface area contributed by atoms with E-state index in [0.29, 0.717) is 40.4 Å². The molecule has 0 spiro atoms. The Morgan fingerprint density at radius 1 is 1.00 bits per heavy atom. The molecule has 0 bridgehead atoms. The van der Waals surface area contributed by atoms with Crippen molar-refractivity contribution in [2.45, 2.75) is 13.5 Å². The number of hydrogen-bond donors (Lipinski definition) is 1. The first kappa shape index (κ1) is 20.7. The second-order valence-electron chi connectivity index (χ2n) is 6.18. The highest BCUT2D eigenvalue weighted by molar-refractivity contribution is 9.10. The summed E-state index contributed by atoms with van der Waals surface area (Å²) in [5.41, 5.74) is 2.16. The molecule has 0 saturated carbocycles. The van der Waals surface area contributed by atoms with Gasteiger partial charge < -0.3 is 19.5 Å². The molecule has 6 heteroatoms. The molecule has 150 valence electrons. The Morgan fingerprint density at radius 2 is 1.72 bits per heavy atom. The van der Waals surface area contributed by atoms with Crippen molar-refractivity contribution in [3.8, 4) is 17.2 Å².